The Kier molecular flexibility index (Phi) is 3.61. The van der Waals surface area contributed by atoms with Gasteiger partial charge in [0.15, 0.2) is 5.78 Å². The van der Waals surface area contributed by atoms with Gasteiger partial charge in [-0.15, -0.1) is 0 Å². The van der Waals surface area contributed by atoms with Crippen molar-refractivity contribution in [1.82, 2.24) is 9.97 Å². The number of allylic oxidation sites excluding steroid dienone is 2. The first-order valence-corrected chi connectivity index (χ1v) is 8.18. The number of aromatic amines is 2. The molecule has 0 spiro atoms. The van der Waals surface area contributed by atoms with E-state index in [0.29, 0.717) is 36.1 Å². The summed E-state index contributed by atoms with van der Waals surface area (Å²) in [6.45, 7) is 0. The molecule has 1 atom stereocenters. The number of carbonyl (C=O) groups excluding carboxylic acids is 1. The van der Waals surface area contributed by atoms with Crippen molar-refractivity contribution in [3.8, 4) is 0 Å². The van der Waals surface area contributed by atoms with Crippen LogP contribution in [0.1, 0.15) is 46.7 Å². The molecule has 8 heteroatoms. The quantitative estimate of drug-likeness (QED) is 0.644. The van der Waals surface area contributed by atoms with Crippen LogP contribution in [-0.2, 0) is 4.79 Å². The lowest BCUT2D eigenvalue weighted by atomic mass is 9.76. The lowest BCUT2D eigenvalue weighted by Crippen LogP contribution is -2.36. The maximum Gasteiger partial charge on any atom is 0.335 e. The molecule has 26 heavy (non-hydrogen) atoms. The fraction of sp³-hybridized carbons (Fsp3) is 0.222. The van der Waals surface area contributed by atoms with Gasteiger partial charge in [0.2, 0.25) is 0 Å². The first-order chi connectivity index (χ1) is 12.5. The Bertz CT molecular complexity index is 1080. The Hall–Kier alpha value is -3.42. The Morgan fingerprint density at radius 1 is 1.04 bits per heavy atom. The van der Waals surface area contributed by atoms with Gasteiger partial charge in [0.25, 0.3) is 5.56 Å². The standard InChI is InChI=1S/C18H15N3O5/c22-11-3-1-2-10-13(11)12(8-4-6-9(7-5-8)17(24)25)14-15(19-10)20-18(26)21-16(14)23/h4-7,12H,1-3H2,(H,24,25)(H3,19,20,21,23,26)/t12-/m1/s1. The first kappa shape index (κ1) is 16.1. The van der Waals surface area contributed by atoms with Crippen molar-refractivity contribution >= 4 is 17.6 Å². The molecule has 1 aromatic carbocycles. The Morgan fingerprint density at radius 2 is 1.77 bits per heavy atom. The summed E-state index contributed by atoms with van der Waals surface area (Å²) >= 11 is 0. The molecule has 4 N–H and O–H groups in total. The molecule has 1 aliphatic heterocycles. The third kappa shape index (κ3) is 2.46. The number of anilines is 1. The largest absolute Gasteiger partial charge is 0.478 e. The summed E-state index contributed by atoms with van der Waals surface area (Å²) in [7, 11) is 0. The van der Waals surface area contributed by atoms with Crippen molar-refractivity contribution in [3.05, 3.63) is 73.1 Å². The zero-order valence-electron chi connectivity index (χ0n) is 13.6. The van der Waals surface area contributed by atoms with Gasteiger partial charge in [0, 0.05) is 23.6 Å². The average Bonchev–Trinajstić information content (AvgIpc) is 2.60. The lowest BCUT2D eigenvalue weighted by molar-refractivity contribution is -0.116. The SMILES string of the molecule is O=C1CCCC2=C1[C@@H](c1ccc(C(=O)O)cc1)c1c([nH]c(=O)[nH]c1=O)N2. The molecule has 0 saturated carbocycles. The number of ketones is 1. The number of carboxylic acid groups (broad SMARTS) is 1. The van der Waals surface area contributed by atoms with Gasteiger partial charge in [-0.25, -0.2) is 9.59 Å². The minimum Gasteiger partial charge on any atom is -0.478 e. The fourth-order valence-electron chi connectivity index (χ4n) is 3.65. The molecule has 0 fully saturated rings. The van der Waals surface area contributed by atoms with E-state index in [2.05, 4.69) is 15.3 Å². The number of hydrogen-bond donors (Lipinski definition) is 4. The van der Waals surface area contributed by atoms with E-state index in [9.17, 15) is 19.2 Å². The molecule has 0 bridgehead atoms. The van der Waals surface area contributed by atoms with Crippen molar-refractivity contribution in [2.75, 3.05) is 5.32 Å². The number of fused-ring (bicyclic) bond motifs is 1. The molecule has 2 heterocycles. The average molecular weight is 353 g/mol. The summed E-state index contributed by atoms with van der Waals surface area (Å²) in [5.41, 5.74) is 0.981. The maximum absolute atomic E-state index is 12.6. The predicted octanol–water partition coefficient (Wildman–Crippen LogP) is 1.33. The summed E-state index contributed by atoms with van der Waals surface area (Å²) in [6.07, 6.45) is 1.72. The number of aromatic carboxylic acids is 1. The monoisotopic (exact) mass is 353 g/mol. The number of hydrogen-bond acceptors (Lipinski definition) is 5. The summed E-state index contributed by atoms with van der Waals surface area (Å²) in [5, 5.41) is 12.1. The smallest absolute Gasteiger partial charge is 0.335 e. The fourth-order valence-corrected chi connectivity index (χ4v) is 3.65. The molecule has 0 saturated heterocycles. The number of nitrogens with one attached hydrogen (secondary N) is 3. The number of benzene rings is 1. The molecule has 2 aliphatic rings. The topological polar surface area (TPSA) is 132 Å². The van der Waals surface area contributed by atoms with Crippen LogP contribution in [0.4, 0.5) is 5.82 Å². The van der Waals surface area contributed by atoms with Crippen LogP contribution in [0.2, 0.25) is 0 Å². The number of carboxylic acids is 1. The van der Waals surface area contributed by atoms with Gasteiger partial charge in [0.05, 0.1) is 11.1 Å². The van der Waals surface area contributed by atoms with Crippen LogP contribution < -0.4 is 16.6 Å². The van der Waals surface area contributed by atoms with Crippen LogP contribution in [-0.4, -0.2) is 26.8 Å². The van der Waals surface area contributed by atoms with Crippen LogP contribution in [0.25, 0.3) is 0 Å². The lowest BCUT2D eigenvalue weighted by Gasteiger charge is -2.32. The van der Waals surface area contributed by atoms with Crippen molar-refractivity contribution in [2.45, 2.75) is 25.2 Å². The molecule has 2 aromatic rings. The molecular weight excluding hydrogens is 338 g/mol. The number of H-pyrrole nitrogens is 2. The highest BCUT2D eigenvalue weighted by atomic mass is 16.4. The first-order valence-electron chi connectivity index (χ1n) is 8.18. The van der Waals surface area contributed by atoms with E-state index in [1.807, 2.05) is 0 Å². The van der Waals surface area contributed by atoms with Gasteiger partial charge >= 0.3 is 11.7 Å². The van der Waals surface area contributed by atoms with Gasteiger partial charge in [0.1, 0.15) is 5.82 Å². The van der Waals surface area contributed by atoms with Crippen molar-refractivity contribution < 1.29 is 14.7 Å². The second kappa shape index (κ2) is 5.83. The summed E-state index contributed by atoms with van der Waals surface area (Å²) in [4.78, 5) is 52.6. The number of aromatic nitrogens is 2. The Balaban J connectivity index is 1.96. The van der Waals surface area contributed by atoms with Gasteiger partial charge in [-0.1, -0.05) is 12.1 Å². The van der Waals surface area contributed by atoms with Crippen LogP contribution in [0.15, 0.2) is 45.1 Å². The molecule has 4 rings (SSSR count). The highest BCUT2D eigenvalue weighted by Gasteiger charge is 2.37. The van der Waals surface area contributed by atoms with E-state index in [1.165, 1.54) is 12.1 Å². The molecule has 132 valence electrons. The third-order valence-electron chi connectivity index (χ3n) is 4.78. The van der Waals surface area contributed by atoms with E-state index >= 15 is 0 Å². The molecule has 1 aromatic heterocycles. The normalized spacial score (nSPS) is 18.8. The Labute approximate surface area is 146 Å². The minimum atomic E-state index is -1.06. The van der Waals surface area contributed by atoms with Gasteiger partial charge in [-0.2, -0.15) is 0 Å². The van der Waals surface area contributed by atoms with Gasteiger partial charge in [-0.05, 0) is 30.5 Å². The van der Waals surface area contributed by atoms with Gasteiger partial charge in [-0.3, -0.25) is 19.6 Å². The van der Waals surface area contributed by atoms with Crippen LogP contribution in [0.3, 0.4) is 0 Å². The van der Waals surface area contributed by atoms with E-state index in [1.54, 1.807) is 12.1 Å². The summed E-state index contributed by atoms with van der Waals surface area (Å²) < 4.78 is 0. The second-order valence-electron chi connectivity index (χ2n) is 6.35. The van der Waals surface area contributed by atoms with Crippen LogP contribution in [0, 0.1) is 0 Å². The summed E-state index contributed by atoms with van der Waals surface area (Å²) in [6, 6.07) is 6.07. The van der Waals surface area contributed by atoms with E-state index in [0.717, 1.165) is 0 Å². The van der Waals surface area contributed by atoms with Crippen molar-refractivity contribution in [1.29, 1.82) is 0 Å². The van der Waals surface area contributed by atoms with E-state index in [-0.39, 0.29) is 22.7 Å². The number of Topliss-reactive ketones (excluding diaryl/α,β-unsaturated/α-hetero) is 1. The second-order valence-corrected chi connectivity index (χ2v) is 6.35. The maximum atomic E-state index is 12.6. The third-order valence-corrected chi connectivity index (χ3v) is 4.78. The number of carbonyl (C=O) groups is 2. The highest BCUT2D eigenvalue weighted by Crippen LogP contribution is 2.42. The zero-order chi connectivity index (χ0) is 18.4. The molecule has 8 nitrogen and oxygen atoms in total. The molecular formula is C18H15N3O5. The van der Waals surface area contributed by atoms with E-state index < -0.39 is 23.1 Å². The summed E-state index contributed by atoms with van der Waals surface area (Å²) in [5.74, 6) is -1.49. The zero-order valence-corrected chi connectivity index (χ0v) is 13.6. The van der Waals surface area contributed by atoms with Gasteiger partial charge < -0.3 is 10.4 Å². The molecule has 0 unspecified atom stereocenters. The van der Waals surface area contributed by atoms with Crippen molar-refractivity contribution in [3.63, 3.8) is 0 Å². The predicted molar refractivity (Wildman–Crippen MR) is 92.4 cm³/mol. The molecule has 0 radical (unpaired) electrons. The van der Waals surface area contributed by atoms with Crippen LogP contribution >= 0.6 is 0 Å². The molecule has 1 aliphatic carbocycles. The highest BCUT2D eigenvalue weighted by molar-refractivity contribution is 6.01. The van der Waals surface area contributed by atoms with E-state index in [4.69, 9.17) is 5.11 Å². The minimum absolute atomic E-state index is 0.0534. The van der Waals surface area contributed by atoms with Crippen molar-refractivity contribution in [2.24, 2.45) is 0 Å². The van der Waals surface area contributed by atoms with Crippen LogP contribution in [0.5, 0.6) is 0 Å². The molecule has 0 amide bonds. The number of rotatable bonds is 2. The Morgan fingerprint density at radius 3 is 2.46 bits per heavy atom.